The predicted octanol–water partition coefficient (Wildman–Crippen LogP) is 4.92. The Balaban J connectivity index is 1.51. The van der Waals surface area contributed by atoms with Crippen LogP contribution < -0.4 is 10.1 Å². The molecular weight excluding hydrogens is 312 g/mol. The Labute approximate surface area is 149 Å². The standard InChI is InChI=1S/C21H26N2O2/c1-2-14-23(15-17-8-9-17)21(24)22-19-10-12-20(13-11-19)25-16-18-6-4-3-5-7-18/h3-7,10-13,17H,2,8-9,14-16H2,1H3,(H,22,24). The van der Waals surface area contributed by atoms with Gasteiger partial charge in [-0.25, -0.2) is 4.79 Å². The van der Waals surface area contributed by atoms with Crippen molar-refractivity contribution in [3.8, 4) is 5.75 Å². The van der Waals surface area contributed by atoms with Gasteiger partial charge in [-0.3, -0.25) is 0 Å². The van der Waals surface area contributed by atoms with E-state index in [0.717, 1.165) is 36.5 Å². The highest BCUT2D eigenvalue weighted by Gasteiger charge is 2.26. The number of hydrogen-bond acceptors (Lipinski definition) is 2. The van der Waals surface area contributed by atoms with E-state index in [1.54, 1.807) is 0 Å². The molecule has 0 saturated heterocycles. The average Bonchev–Trinajstić information content (AvgIpc) is 3.46. The van der Waals surface area contributed by atoms with Gasteiger partial charge in [-0.2, -0.15) is 0 Å². The Kier molecular flexibility index (Phi) is 5.94. The molecule has 4 heteroatoms. The zero-order valence-corrected chi connectivity index (χ0v) is 14.8. The summed E-state index contributed by atoms with van der Waals surface area (Å²) in [4.78, 5) is 14.4. The maximum absolute atomic E-state index is 12.4. The number of urea groups is 1. The Bertz CT molecular complexity index is 666. The molecule has 1 aliphatic carbocycles. The van der Waals surface area contributed by atoms with Crippen molar-refractivity contribution in [1.82, 2.24) is 4.90 Å². The van der Waals surface area contributed by atoms with E-state index in [2.05, 4.69) is 12.2 Å². The van der Waals surface area contributed by atoms with Crippen molar-refractivity contribution in [3.05, 3.63) is 60.2 Å². The van der Waals surface area contributed by atoms with Crippen LogP contribution in [0.1, 0.15) is 31.7 Å². The van der Waals surface area contributed by atoms with Crippen molar-refractivity contribution in [1.29, 1.82) is 0 Å². The first-order valence-electron chi connectivity index (χ1n) is 9.07. The Morgan fingerprint density at radius 3 is 2.48 bits per heavy atom. The number of amides is 2. The summed E-state index contributed by atoms with van der Waals surface area (Å²) in [5, 5.41) is 2.99. The molecule has 1 N–H and O–H groups in total. The fourth-order valence-electron chi connectivity index (χ4n) is 2.74. The van der Waals surface area contributed by atoms with Gasteiger partial charge in [0.2, 0.25) is 0 Å². The van der Waals surface area contributed by atoms with E-state index in [-0.39, 0.29) is 6.03 Å². The molecule has 1 aliphatic rings. The first-order chi connectivity index (χ1) is 12.2. The highest BCUT2D eigenvalue weighted by Crippen LogP contribution is 2.30. The second-order valence-electron chi connectivity index (χ2n) is 6.62. The number of hydrogen-bond donors (Lipinski definition) is 1. The Morgan fingerprint density at radius 2 is 1.84 bits per heavy atom. The van der Waals surface area contributed by atoms with Gasteiger partial charge in [0, 0.05) is 18.8 Å². The molecule has 0 radical (unpaired) electrons. The van der Waals surface area contributed by atoms with Crippen LogP contribution in [0, 0.1) is 5.92 Å². The maximum Gasteiger partial charge on any atom is 0.321 e. The molecule has 0 atom stereocenters. The fraction of sp³-hybridized carbons (Fsp3) is 0.381. The summed E-state index contributed by atoms with van der Waals surface area (Å²) >= 11 is 0. The first-order valence-corrected chi connectivity index (χ1v) is 9.07. The van der Waals surface area contributed by atoms with Gasteiger partial charge in [0.15, 0.2) is 0 Å². The lowest BCUT2D eigenvalue weighted by molar-refractivity contribution is 0.209. The third-order valence-electron chi connectivity index (χ3n) is 4.31. The van der Waals surface area contributed by atoms with Gasteiger partial charge in [-0.05, 0) is 55.0 Å². The molecule has 0 heterocycles. The minimum Gasteiger partial charge on any atom is -0.489 e. The molecule has 1 saturated carbocycles. The monoisotopic (exact) mass is 338 g/mol. The Morgan fingerprint density at radius 1 is 1.12 bits per heavy atom. The number of rotatable bonds is 8. The maximum atomic E-state index is 12.4. The van der Waals surface area contributed by atoms with E-state index in [0.29, 0.717) is 12.5 Å². The number of benzene rings is 2. The molecule has 0 spiro atoms. The van der Waals surface area contributed by atoms with Gasteiger partial charge in [-0.1, -0.05) is 37.3 Å². The number of ether oxygens (including phenoxy) is 1. The molecule has 4 nitrogen and oxygen atoms in total. The van der Waals surface area contributed by atoms with Crippen LogP contribution in [-0.2, 0) is 6.61 Å². The summed E-state index contributed by atoms with van der Waals surface area (Å²) in [6.45, 7) is 4.32. The van der Waals surface area contributed by atoms with Crippen LogP contribution in [0.15, 0.2) is 54.6 Å². The molecule has 0 aliphatic heterocycles. The predicted molar refractivity (Wildman–Crippen MR) is 101 cm³/mol. The van der Waals surface area contributed by atoms with E-state index >= 15 is 0 Å². The highest BCUT2D eigenvalue weighted by atomic mass is 16.5. The lowest BCUT2D eigenvalue weighted by atomic mass is 10.2. The van der Waals surface area contributed by atoms with E-state index in [1.165, 1.54) is 12.8 Å². The van der Waals surface area contributed by atoms with E-state index < -0.39 is 0 Å². The molecule has 0 unspecified atom stereocenters. The van der Waals surface area contributed by atoms with Crippen LogP contribution in [-0.4, -0.2) is 24.0 Å². The topological polar surface area (TPSA) is 41.6 Å². The lowest BCUT2D eigenvalue weighted by Crippen LogP contribution is -2.37. The summed E-state index contributed by atoms with van der Waals surface area (Å²) < 4.78 is 5.78. The second kappa shape index (κ2) is 8.56. The molecule has 132 valence electrons. The van der Waals surface area contributed by atoms with Gasteiger partial charge in [0.25, 0.3) is 0 Å². The van der Waals surface area contributed by atoms with Gasteiger partial charge < -0.3 is 15.0 Å². The minimum absolute atomic E-state index is 0.00768. The first kappa shape index (κ1) is 17.3. The molecule has 1 fully saturated rings. The lowest BCUT2D eigenvalue weighted by Gasteiger charge is -2.22. The quantitative estimate of drug-likeness (QED) is 0.742. The molecule has 0 aromatic heterocycles. The van der Waals surface area contributed by atoms with Gasteiger partial charge in [0.05, 0.1) is 0 Å². The molecule has 3 rings (SSSR count). The number of anilines is 1. The van der Waals surface area contributed by atoms with Crippen molar-refractivity contribution in [3.63, 3.8) is 0 Å². The van der Waals surface area contributed by atoms with Crippen molar-refractivity contribution < 1.29 is 9.53 Å². The van der Waals surface area contributed by atoms with Crippen molar-refractivity contribution in [2.75, 3.05) is 18.4 Å². The van der Waals surface area contributed by atoms with Crippen LogP contribution in [0.2, 0.25) is 0 Å². The number of carbonyl (C=O) groups excluding carboxylic acids is 1. The van der Waals surface area contributed by atoms with Crippen LogP contribution in [0.4, 0.5) is 10.5 Å². The molecule has 2 aromatic rings. The SMILES string of the molecule is CCCN(CC1CC1)C(=O)Nc1ccc(OCc2ccccc2)cc1. The number of nitrogens with one attached hydrogen (secondary N) is 1. The summed E-state index contributed by atoms with van der Waals surface area (Å²) in [7, 11) is 0. The van der Waals surface area contributed by atoms with E-state index in [9.17, 15) is 4.79 Å². The van der Waals surface area contributed by atoms with E-state index in [1.807, 2.05) is 59.5 Å². The number of nitrogens with zero attached hydrogens (tertiary/aromatic N) is 1. The summed E-state index contributed by atoms with van der Waals surface area (Å²) in [6.07, 6.45) is 3.48. The molecular formula is C21H26N2O2. The van der Waals surface area contributed by atoms with Crippen molar-refractivity contribution >= 4 is 11.7 Å². The zero-order chi connectivity index (χ0) is 17.5. The van der Waals surface area contributed by atoms with Gasteiger partial charge in [0.1, 0.15) is 12.4 Å². The average molecular weight is 338 g/mol. The normalized spacial score (nSPS) is 13.3. The smallest absolute Gasteiger partial charge is 0.321 e. The number of carbonyl (C=O) groups is 1. The largest absolute Gasteiger partial charge is 0.489 e. The van der Waals surface area contributed by atoms with Crippen LogP contribution in [0.5, 0.6) is 5.75 Å². The zero-order valence-electron chi connectivity index (χ0n) is 14.8. The van der Waals surface area contributed by atoms with Crippen molar-refractivity contribution in [2.24, 2.45) is 5.92 Å². The molecule has 25 heavy (non-hydrogen) atoms. The van der Waals surface area contributed by atoms with Gasteiger partial charge >= 0.3 is 6.03 Å². The van der Waals surface area contributed by atoms with Crippen LogP contribution >= 0.6 is 0 Å². The molecule has 0 bridgehead atoms. The van der Waals surface area contributed by atoms with E-state index in [4.69, 9.17) is 4.74 Å². The third-order valence-corrected chi connectivity index (χ3v) is 4.31. The van der Waals surface area contributed by atoms with Crippen LogP contribution in [0.3, 0.4) is 0 Å². The fourth-order valence-corrected chi connectivity index (χ4v) is 2.74. The molecule has 2 aromatic carbocycles. The minimum atomic E-state index is -0.00768. The third kappa shape index (κ3) is 5.52. The summed E-state index contributed by atoms with van der Waals surface area (Å²) in [5.41, 5.74) is 1.93. The second-order valence-corrected chi connectivity index (χ2v) is 6.62. The van der Waals surface area contributed by atoms with Crippen molar-refractivity contribution in [2.45, 2.75) is 32.8 Å². The van der Waals surface area contributed by atoms with Gasteiger partial charge in [-0.15, -0.1) is 0 Å². The molecule has 2 amide bonds. The summed E-state index contributed by atoms with van der Waals surface area (Å²) in [6, 6.07) is 17.6. The summed E-state index contributed by atoms with van der Waals surface area (Å²) in [5.74, 6) is 1.50. The Hall–Kier alpha value is -2.49. The highest BCUT2D eigenvalue weighted by molar-refractivity contribution is 5.89. The van der Waals surface area contributed by atoms with Crippen LogP contribution in [0.25, 0.3) is 0 Å².